The molecule has 0 saturated carbocycles. The maximum absolute atomic E-state index is 5.49. The Labute approximate surface area is 123 Å². The van der Waals surface area contributed by atoms with Gasteiger partial charge in [0.1, 0.15) is 0 Å². The molecule has 3 nitrogen and oxygen atoms in total. The molecule has 0 bridgehead atoms. The van der Waals surface area contributed by atoms with Gasteiger partial charge < -0.3 is 11.1 Å². The van der Waals surface area contributed by atoms with Crippen molar-refractivity contribution in [3.8, 4) is 0 Å². The van der Waals surface area contributed by atoms with E-state index in [1.165, 1.54) is 0 Å². The number of thiocarbonyl (C=S) groups is 2. The Morgan fingerprint density at radius 1 is 0.842 bits per heavy atom. The number of para-hydroxylation sites is 2. The molecule has 19 heavy (non-hydrogen) atoms. The first-order valence-electron chi connectivity index (χ1n) is 5.69. The highest BCUT2D eigenvalue weighted by atomic mass is 32.1. The topological polar surface area (TPSA) is 41.3 Å². The third-order valence-corrected chi connectivity index (χ3v) is 2.85. The highest BCUT2D eigenvalue weighted by molar-refractivity contribution is 7.82. The van der Waals surface area contributed by atoms with Gasteiger partial charge in [0, 0.05) is 11.4 Å². The fourth-order valence-corrected chi connectivity index (χ4v) is 2.18. The molecule has 0 aliphatic rings. The van der Waals surface area contributed by atoms with Crippen LogP contribution in [0.5, 0.6) is 0 Å². The summed E-state index contributed by atoms with van der Waals surface area (Å²) in [6.45, 7) is 0. The van der Waals surface area contributed by atoms with Crippen LogP contribution in [0, 0.1) is 0 Å². The molecule has 3 N–H and O–H groups in total. The van der Waals surface area contributed by atoms with Crippen molar-refractivity contribution >= 4 is 46.0 Å². The van der Waals surface area contributed by atoms with Gasteiger partial charge in [-0.25, -0.2) is 0 Å². The summed E-state index contributed by atoms with van der Waals surface area (Å²) in [5.41, 5.74) is 7.39. The Morgan fingerprint density at radius 3 is 1.63 bits per heavy atom. The first kappa shape index (κ1) is 13.5. The summed E-state index contributed by atoms with van der Waals surface area (Å²) < 4.78 is 0. The Bertz CT molecular complexity index is 530. The smallest absolute Gasteiger partial charge is 0.184 e. The van der Waals surface area contributed by atoms with E-state index in [4.69, 9.17) is 30.2 Å². The molecule has 0 fully saturated rings. The monoisotopic (exact) mass is 287 g/mol. The van der Waals surface area contributed by atoms with Crippen molar-refractivity contribution in [3.63, 3.8) is 0 Å². The van der Waals surface area contributed by atoms with Gasteiger partial charge in [-0.3, -0.25) is 4.90 Å². The maximum atomic E-state index is 5.49. The van der Waals surface area contributed by atoms with Crippen LogP contribution < -0.4 is 16.0 Å². The quantitative estimate of drug-likeness (QED) is 0.831. The largest absolute Gasteiger partial charge is 0.376 e. The number of hydrogen-bond donors (Lipinski definition) is 2. The average Bonchev–Trinajstić information content (AvgIpc) is 2.40. The average molecular weight is 287 g/mol. The molecular formula is C14H13N3S2. The van der Waals surface area contributed by atoms with Gasteiger partial charge in [-0.2, -0.15) is 0 Å². The zero-order valence-corrected chi connectivity index (χ0v) is 11.7. The fourth-order valence-electron chi connectivity index (χ4n) is 1.70. The molecule has 96 valence electrons. The number of hydrogen-bond acceptors (Lipinski definition) is 2. The van der Waals surface area contributed by atoms with Crippen LogP contribution in [0.15, 0.2) is 60.7 Å². The van der Waals surface area contributed by atoms with Crippen molar-refractivity contribution in [2.45, 2.75) is 0 Å². The van der Waals surface area contributed by atoms with E-state index in [1.807, 2.05) is 65.6 Å². The standard InChI is InChI=1S/C14H13N3S2/c15-13(18)16-14(19)17(11-7-3-1-4-8-11)12-9-5-2-6-10-12/h1-10H,(H3,15,16,18,19). The van der Waals surface area contributed by atoms with E-state index in [0.717, 1.165) is 11.4 Å². The summed E-state index contributed by atoms with van der Waals surface area (Å²) in [6.07, 6.45) is 0. The first-order chi connectivity index (χ1) is 9.18. The lowest BCUT2D eigenvalue weighted by atomic mass is 10.2. The minimum atomic E-state index is 0.155. The SMILES string of the molecule is NC(=S)NC(=S)N(c1ccccc1)c1ccccc1. The molecular weight excluding hydrogens is 274 g/mol. The molecule has 0 unspecified atom stereocenters. The molecule has 2 aromatic carbocycles. The van der Waals surface area contributed by atoms with Crippen LogP contribution in [0.2, 0.25) is 0 Å². The third kappa shape index (κ3) is 3.49. The fraction of sp³-hybridized carbons (Fsp3) is 0. The van der Waals surface area contributed by atoms with E-state index >= 15 is 0 Å². The van der Waals surface area contributed by atoms with Crippen LogP contribution in [0.3, 0.4) is 0 Å². The van der Waals surface area contributed by atoms with E-state index in [9.17, 15) is 0 Å². The minimum absolute atomic E-state index is 0.155. The van der Waals surface area contributed by atoms with Gasteiger partial charge in [0.05, 0.1) is 0 Å². The van der Waals surface area contributed by atoms with Crippen LogP contribution in [-0.4, -0.2) is 10.2 Å². The first-order valence-corrected chi connectivity index (χ1v) is 6.51. The molecule has 2 aromatic rings. The molecule has 0 atom stereocenters. The van der Waals surface area contributed by atoms with Gasteiger partial charge in [0.15, 0.2) is 10.2 Å². The van der Waals surface area contributed by atoms with Crippen LogP contribution in [0.4, 0.5) is 11.4 Å². The molecule has 0 radical (unpaired) electrons. The van der Waals surface area contributed by atoms with Crippen LogP contribution in [-0.2, 0) is 0 Å². The van der Waals surface area contributed by atoms with Crippen molar-refractivity contribution in [2.24, 2.45) is 5.73 Å². The Hall–Kier alpha value is -1.98. The summed E-state index contributed by atoms with van der Waals surface area (Å²) in [4.78, 5) is 1.88. The number of benzene rings is 2. The normalized spacial score (nSPS) is 9.68. The summed E-state index contributed by atoms with van der Waals surface area (Å²) in [5.74, 6) is 0. The number of nitrogens with one attached hydrogen (secondary N) is 1. The highest BCUT2D eigenvalue weighted by Gasteiger charge is 2.14. The molecule has 0 aromatic heterocycles. The molecule has 0 aliphatic heterocycles. The number of nitrogens with zero attached hydrogens (tertiary/aromatic N) is 1. The van der Waals surface area contributed by atoms with Crippen molar-refractivity contribution in [1.29, 1.82) is 0 Å². The third-order valence-electron chi connectivity index (χ3n) is 2.46. The van der Waals surface area contributed by atoms with Gasteiger partial charge in [-0.05, 0) is 48.7 Å². The van der Waals surface area contributed by atoms with Gasteiger partial charge in [0.25, 0.3) is 0 Å². The Kier molecular flexibility index (Phi) is 4.43. The Balaban J connectivity index is 2.40. The van der Waals surface area contributed by atoms with Gasteiger partial charge >= 0.3 is 0 Å². The van der Waals surface area contributed by atoms with Crippen molar-refractivity contribution in [2.75, 3.05) is 4.90 Å². The maximum Gasteiger partial charge on any atom is 0.184 e. The molecule has 5 heteroatoms. The second-order valence-corrected chi connectivity index (χ2v) is 4.63. The number of nitrogens with two attached hydrogens (primary N) is 1. The molecule has 0 amide bonds. The summed E-state index contributed by atoms with van der Waals surface area (Å²) in [5, 5.41) is 3.41. The van der Waals surface area contributed by atoms with E-state index < -0.39 is 0 Å². The predicted octanol–water partition coefficient (Wildman–Crippen LogP) is 2.94. The summed E-state index contributed by atoms with van der Waals surface area (Å²) in [6, 6.07) is 19.6. The predicted molar refractivity (Wildman–Crippen MR) is 87.5 cm³/mol. The molecule has 0 aliphatic carbocycles. The summed E-state index contributed by atoms with van der Waals surface area (Å²) >= 11 is 10.2. The lowest BCUT2D eigenvalue weighted by Crippen LogP contribution is -2.42. The van der Waals surface area contributed by atoms with E-state index in [2.05, 4.69) is 5.32 Å². The van der Waals surface area contributed by atoms with Gasteiger partial charge in [-0.15, -0.1) is 0 Å². The molecule has 0 saturated heterocycles. The van der Waals surface area contributed by atoms with Gasteiger partial charge in [0.2, 0.25) is 0 Å². The van der Waals surface area contributed by atoms with E-state index in [-0.39, 0.29) is 5.11 Å². The highest BCUT2D eigenvalue weighted by Crippen LogP contribution is 2.24. The zero-order chi connectivity index (χ0) is 13.7. The van der Waals surface area contributed by atoms with Gasteiger partial charge in [-0.1, -0.05) is 36.4 Å². The minimum Gasteiger partial charge on any atom is -0.376 e. The van der Waals surface area contributed by atoms with Crippen molar-refractivity contribution in [3.05, 3.63) is 60.7 Å². The number of rotatable bonds is 2. The van der Waals surface area contributed by atoms with E-state index in [0.29, 0.717) is 5.11 Å². The van der Waals surface area contributed by atoms with Crippen LogP contribution in [0.1, 0.15) is 0 Å². The van der Waals surface area contributed by atoms with Crippen LogP contribution >= 0.6 is 24.4 Å². The van der Waals surface area contributed by atoms with Crippen molar-refractivity contribution in [1.82, 2.24) is 5.32 Å². The lowest BCUT2D eigenvalue weighted by Gasteiger charge is -2.25. The Morgan fingerprint density at radius 2 is 1.26 bits per heavy atom. The molecule has 0 spiro atoms. The molecule has 2 rings (SSSR count). The zero-order valence-electron chi connectivity index (χ0n) is 10.1. The summed E-state index contributed by atoms with van der Waals surface area (Å²) in [7, 11) is 0. The van der Waals surface area contributed by atoms with Crippen molar-refractivity contribution < 1.29 is 0 Å². The number of anilines is 2. The second kappa shape index (κ2) is 6.26. The van der Waals surface area contributed by atoms with Crippen LogP contribution in [0.25, 0.3) is 0 Å². The van der Waals surface area contributed by atoms with E-state index in [1.54, 1.807) is 0 Å². The molecule has 0 heterocycles. The lowest BCUT2D eigenvalue weighted by molar-refractivity contribution is 1.26. The second-order valence-electron chi connectivity index (χ2n) is 3.80.